The number of pyridine rings is 1. The number of nitrogens with two attached hydrogens (primary N) is 1. The van der Waals surface area contributed by atoms with Crippen molar-refractivity contribution in [3.8, 4) is 0 Å². The Kier molecular flexibility index (Phi) is 4.92. The van der Waals surface area contributed by atoms with Gasteiger partial charge in [0.05, 0.1) is 11.3 Å². The molecule has 8 heteroatoms. The molecule has 26 heavy (non-hydrogen) atoms. The highest BCUT2D eigenvalue weighted by atomic mass is 16.1. The normalized spacial score (nSPS) is 11.2. The number of carbonyl (C=O) groups is 1. The average Bonchev–Trinajstić information content (AvgIpc) is 3.08. The van der Waals surface area contributed by atoms with E-state index in [4.69, 9.17) is 5.73 Å². The minimum atomic E-state index is -0.189. The summed E-state index contributed by atoms with van der Waals surface area (Å²) in [5.41, 5.74) is 10.8. The van der Waals surface area contributed by atoms with Crippen molar-refractivity contribution in [2.24, 2.45) is 0 Å². The highest BCUT2D eigenvalue weighted by Crippen LogP contribution is 2.17. The maximum absolute atomic E-state index is 12.5. The van der Waals surface area contributed by atoms with Crippen molar-refractivity contribution < 1.29 is 4.79 Å². The van der Waals surface area contributed by atoms with Gasteiger partial charge in [0.15, 0.2) is 5.65 Å². The fourth-order valence-electron chi connectivity index (χ4n) is 3.15. The highest BCUT2D eigenvalue weighted by Gasteiger charge is 2.15. The second-order valence-corrected chi connectivity index (χ2v) is 6.34. The quantitative estimate of drug-likeness (QED) is 0.705. The molecule has 0 saturated heterocycles. The van der Waals surface area contributed by atoms with Crippen molar-refractivity contribution in [3.63, 3.8) is 0 Å². The minimum Gasteiger partial charge on any atom is -0.369 e. The second kappa shape index (κ2) is 7.15. The Morgan fingerprint density at radius 3 is 2.77 bits per heavy atom. The van der Waals surface area contributed by atoms with Crippen LogP contribution in [0.3, 0.4) is 0 Å². The van der Waals surface area contributed by atoms with Gasteiger partial charge in [0.25, 0.3) is 5.91 Å². The first kappa shape index (κ1) is 17.9. The van der Waals surface area contributed by atoms with Gasteiger partial charge < -0.3 is 11.1 Å². The molecule has 0 aliphatic carbocycles. The second-order valence-electron chi connectivity index (χ2n) is 6.34. The number of nitrogens with one attached hydrogen (secondary N) is 1. The molecule has 138 valence electrons. The SMILES string of the molecule is CCCn1nc(C)c(CNC(=O)c2cnc3c(c2)nc(N)n3CC)c1C. The number of carbonyl (C=O) groups excluding carboxylic acids is 1. The van der Waals surface area contributed by atoms with E-state index in [9.17, 15) is 4.79 Å². The summed E-state index contributed by atoms with van der Waals surface area (Å²) in [4.78, 5) is 21.2. The summed E-state index contributed by atoms with van der Waals surface area (Å²) in [5.74, 6) is 0.216. The summed E-state index contributed by atoms with van der Waals surface area (Å²) < 4.78 is 3.80. The summed E-state index contributed by atoms with van der Waals surface area (Å²) in [6.45, 7) is 10.1. The van der Waals surface area contributed by atoms with Gasteiger partial charge in [-0.2, -0.15) is 5.10 Å². The van der Waals surface area contributed by atoms with E-state index < -0.39 is 0 Å². The van der Waals surface area contributed by atoms with E-state index in [-0.39, 0.29) is 5.91 Å². The Labute approximate surface area is 152 Å². The number of anilines is 1. The zero-order chi connectivity index (χ0) is 18.8. The Bertz CT molecular complexity index is 954. The van der Waals surface area contributed by atoms with E-state index in [0.717, 1.165) is 29.9 Å². The molecule has 3 heterocycles. The lowest BCUT2D eigenvalue weighted by Gasteiger charge is -2.07. The molecule has 0 atom stereocenters. The van der Waals surface area contributed by atoms with Gasteiger partial charge in [0.1, 0.15) is 5.52 Å². The summed E-state index contributed by atoms with van der Waals surface area (Å²) in [6, 6.07) is 1.72. The third-order valence-electron chi connectivity index (χ3n) is 4.59. The predicted molar refractivity (Wildman–Crippen MR) is 101 cm³/mol. The lowest BCUT2D eigenvalue weighted by atomic mass is 10.2. The number of hydrogen-bond acceptors (Lipinski definition) is 5. The van der Waals surface area contributed by atoms with Crippen molar-refractivity contribution in [1.29, 1.82) is 0 Å². The number of nitrogens with zero attached hydrogens (tertiary/aromatic N) is 5. The topological polar surface area (TPSA) is 104 Å². The number of rotatable bonds is 6. The lowest BCUT2D eigenvalue weighted by molar-refractivity contribution is 0.0950. The van der Waals surface area contributed by atoms with Gasteiger partial charge >= 0.3 is 0 Å². The van der Waals surface area contributed by atoms with E-state index in [0.29, 0.717) is 35.8 Å². The molecule has 0 fully saturated rings. The smallest absolute Gasteiger partial charge is 0.253 e. The van der Waals surface area contributed by atoms with Crippen LogP contribution in [0.5, 0.6) is 0 Å². The molecule has 0 spiro atoms. The zero-order valence-corrected chi connectivity index (χ0v) is 15.7. The Hall–Kier alpha value is -2.90. The van der Waals surface area contributed by atoms with Crippen molar-refractivity contribution in [1.82, 2.24) is 29.6 Å². The molecule has 0 aromatic carbocycles. The first-order valence-electron chi connectivity index (χ1n) is 8.89. The molecular formula is C18H25N7O. The summed E-state index contributed by atoms with van der Waals surface area (Å²) in [6.07, 6.45) is 2.58. The van der Waals surface area contributed by atoms with Gasteiger partial charge in [-0.25, -0.2) is 9.97 Å². The molecule has 0 saturated carbocycles. The third kappa shape index (κ3) is 3.14. The van der Waals surface area contributed by atoms with Crippen LogP contribution in [0.4, 0.5) is 5.95 Å². The maximum Gasteiger partial charge on any atom is 0.253 e. The largest absolute Gasteiger partial charge is 0.369 e. The average molecular weight is 355 g/mol. The van der Waals surface area contributed by atoms with Gasteiger partial charge in [-0.15, -0.1) is 0 Å². The number of hydrogen-bond donors (Lipinski definition) is 2. The van der Waals surface area contributed by atoms with Gasteiger partial charge in [-0.1, -0.05) is 6.92 Å². The number of amides is 1. The number of nitrogen functional groups attached to an aromatic ring is 1. The summed E-state index contributed by atoms with van der Waals surface area (Å²) >= 11 is 0. The van der Waals surface area contributed by atoms with Crippen molar-refractivity contribution >= 4 is 23.0 Å². The van der Waals surface area contributed by atoms with E-state index in [1.165, 1.54) is 0 Å². The Morgan fingerprint density at radius 1 is 1.31 bits per heavy atom. The number of aryl methyl sites for hydroxylation is 3. The molecule has 0 aliphatic heterocycles. The molecular weight excluding hydrogens is 330 g/mol. The van der Waals surface area contributed by atoms with E-state index in [1.807, 2.05) is 30.0 Å². The van der Waals surface area contributed by atoms with Crippen LogP contribution in [0.25, 0.3) is 11.2 Å². The molecule has 3 aromatic heterocycles. The van der Waals surface area contributed by atoms with Gasteiger partial charge in [0.2, 0.25) is 5.95 Å². The molecule has 0 unspecified atom stereocenters. The fourth-order valence-corrected chi connectivity index (χ4v) is 3.15. The molecule has 1 amide bonds. The fraction of sp³-hybridized carbons (Fsp3) is 0.444. The van der Waals surface area contributed by atoms with Crippen molar-refractivity contribution in [2.75, 3.05) is 5.73 Å². The number of imidazole rings is 1. The van der Waals surface area contributed by atoms with Crippen molar-refractivity contribution in [3.05, 3.63) is 34.8 Å². The molecule has 0 bridgehead atoms. The highest BCUT2D eigenvalue weighted by molar-refractivity contribution is 5.96. The van der Waals surface area contributed by atoms with E-state index in [2.05, 4.69) is 27.3 Å². The van der Waals surface area contributed by atoms with Gasteiger partial charge in [-0.3, -0.25) is 14.0 Å². The maximum atomic E-state index is 12.5. The third-order valence-corrected chi connectivity index (χ3v) is 4.59. The Morgan fingerprint density at radius 2 is 2.08 bits per heavy atom. The van der Waals surface area contributed by atoms with Gasteiger partial charge in [-0.05, 0) is 33.3 Å². The first-order chi connectivity index (χ1) is 12.5. The number of aromatic nitrogens is 5. The summed E-state index contributed by atoms with van der Waals surface area (Å²) in [5, 5.41) is 7.49. The molecule has 0 radical (unpaired) electrons. The van der Waals surface area contributed by atoms with Crippen LogP contribution < -0.4 is 11.1 Å². The van der Waals surface area contributed by atoms with Crippen LogP contribution in [0, 0.1) is 13.8 Å². The Balaban J connectivity index is 1.77. The number of fused-ring (bicyclic) bond motifs is 1. The van der Waals surface area contributed by atoms with Crippen molar-refractivity contribution in [2.45, 2.75) is 53.8 Å². The summed E-state index contributed by atoms with van der Waals surface area (Å²) in [7, 11) is 0. The zero-order valence-electron chi connectivity index (χ0n) is 15.7. The van der Waals surface area contributed by atoms with Crippen LogP contribution in [-0.2, 0) is 19.6 Å². The lowest BCUT2D eigenvalue weighted by Crippen LogP contribution is -2.23. The standard InChI is InChI=1S/C18H25N7O/c1-5-7-25-12(4)14(11(3)23-25)10-21-17(26)13-8-15-16(20-9-13)24(6-2)18(19)22-15/h8-9H,5-7,10H2,1-4H3,(H2,19,22)(H,21,26). The molecule has 3 aromatic rings. The molecule has 3 N–H and O–H groups in total. The van der Waals surface area contributed by atoms with Crippen LogP contribution in [-0.4, -0.2) is 30.2 Å². The van der Waals surface area contributed by atoms with Crippen LogP contribution in [0.1, 0.15) is 47.6 Å². The van der Waals surface area contributed by atoms with Crippen LogP contribution >= 0.6 is 0 Å². The van der Waals surface area contributed by atoms with Gasteiger partial charge in [0, 0.05) is 37.1 Å². The molecule has 0 aliphatic rings. The minimum absolute atomic E-state index is 0.189. The molecule has 3 rings (SSSR count). The van der Waals surface area contributed by atoms with Crippen LogP contribution in [0.2, 0.25) is 0 Å². The van der Waals surface area contributed by atoms with E-state index >= 15 is 0 Å². The monoisotopic (exact) mass is 355 g/mol. The van der Waals surface area contributed by atoms with E-state index in [1.54, 1.807) is 12.3 Å². The predicted octanol–water partition coefficient (Wildman–Crippen LogP) is 2.19. The first-order valence-corrected chi connectivity index (χ1v) is 8.89. The molecule has 8 nitrogen and oxygen atoms in total. The van der Waals surface area contributed by atoms with Crippen LogP contribution in [0.15, 0.2) is 12.3 Å².